The largest absolute Gasteiger partial charge is 0.349 e. The minimum absolute atomic E-state index is 0.0543. The van der Waals surface area contributed by atoms with Crippen molar-refractivity contribution >= 4 is 39.1 Å². The third kappa shape index (κ3) is 5.09. The fourth-order valence-electron chi connectivity index (χ4n) is 3.34. The normalized spacial score (nSPS) is 17.1. The average molecular weight is 459 g/mol. The number of sulfonamides is 1. The van der Waals surface area contributed by atoms with Crippen LogP contribution in [0, 0.1) is 11.7 Å². The van der Waals surface area contributed by atoms with Crippen LogP contribution in [0.4, 0.5) is 4.39 Å². The van der Waals surface area contributed by atoms with Crippen LogP contribution in [0.1, 0.15) is 31.4 Å². The molecule has 29 heavy (non-hydrogen) atoms. The Morgan fingerprint density at radius 1 is 1.17 bits per heavy atom. The Kier molecular flexibility index (Phi) is 6.83. The molecule has 156 valence electrons. The Morgan fingerprint density at radius 2 is 1.86 bits per heavy atom. The van der Waals surface area contributed by atoms with Crippen molar-refractivity contribution in [2.45, 2.75) is 30.7 Å². The van der Waals surface area contributed by atoms with Gasteiger partial charge < -0.3 is 5.32 Å². The number of carbonyl (C=O) groups excluding carboxylic acids is 1. The zero-order valence-corrected chi connectivity index (χ0v) is 18.1. The lowest BCUT2D eigenvalue weighted by molar-refractivity contribution is -0.126. The van der Waals surface area contributed by atoms with E-state index in [9.17, 15) is 17.6 Å². The van der Waals surface area contributed by atoms with Crippen molar-refractivity contribution < 1.29 is 17.6 Å². The fraction of sp³-hybridized carbons (Fsp3) is 0.350. The SMILES string of the molecule is CC(NC(=O)C1CCN(S(=O)(=O)c2ccc(F)c(Cl)c2)CC1)c1cccc(Cl)c1. The molecular weight excluding hydrogens is 438 g/mol. The number of benzene rings is 2. The summed E-state index contributed by atoms with van der Waals surface area (Å²) in [4.78, 5) is 12.5. The summed E-state index contributed by atoms with van der Waals surface area (Å²) >= 11 is 11.7. The summed E-state index contributed by atoms with van der Waals surface area (Å²) in [5, 5.41) is 3.33. The van der Waals surface area contributed by atoms with E-state index in [-0.39, 0.29) is 40.9 Å². The molecule has 1 aliphatic heterocycles. The maximum atomic E-state index is 13.3. The van der Waals surface area contributed by atoms with Crippen molar-refractivity contribution in [1.29, 1.82) is 0 Å². The quantitative estimate of drug-likeness (QED) is 0.721. The summed E-state index contributed by atoms with van der Waals surface area (Å²) in [6, 6.07) is 10.4. The highest BCUT2D eigenvalue weighted by Gasteiger charge is 2.32. The summed E-state index contributed by atoms with van der Waals surface area (Å²) in [7, 11) is -3.79. The van der Waals surface area contributed by atoms with Crippen LogP contribution in [0.25, 0.3) is 0 Å². The second kappa shape index (κ2) is 9.00. The van der Waals surface area contributed by atoms with E-state index in [2.05, 4.69) is 5.32 Å². The summed E-state index contributed by atoms with van der Waals surface area (Å²) in [5.74, 6) is -1.06. The average Bonchev–Trinajstić information content (AvgIpc) is 2.70. The molecule has 5 nitrogen and oxygen atoms in total. The number of piperidine rings is 1. The highest BCUT2D eigenvalue weighted by atomic mass is 35.5. The number of amides is 1. The van der Waals surface area contributed by atoms with E-state index in [0.717, 1.165) is 17.7 Å². The van der Waals surface area contributed by atoms with Gasteiger partial charge in [0.25, 0.3) is 0 Å². The van der Waals surface area contributed by atoms with Gasteiger partial charge in [-0.15, -0.1) is 0 Å². The van der Waals surface area contributed by atoms with Gasteiger partial charge in [0.1, 0.15) is 5.82 Å². The van der Waals surface area contributed by atoms with Gasteiger partial charge >= 0.3 is 0 Å². The third-order valence-electron chi connectivity index (χ3n) is 5.06. The number of carbonyl (C=O) groups is 1. The predicted molar refractivity (Wildman–Crippen MR) is 111 cm³/mol. The Balaban J connectivity index is 1.60. The van der Waals surface area contributed by atoms with Crippen molar-refractivity contribution in [2.75, 3.05) is 13.1 Å². The molecule has 0 spiro atoms. The van der Waals surface area contributed by atoms with Crippen LogP contribution in [0.3, 0.4) is 0 Å². The number of halogens is 3. The molecule has 9 heteroatoms. The van der Waals surface area contributed by atoms with Gasteiger partial charge in [-0.25, -0.2) is 12.8 Å². The van der Waals surface area contributed by atoms with Crippen molar-refractivity contribution in [2.24, 2.45) is 5.92 Å². The molecule has 1 heterocycles. The van der Waals surface area contributed by atoms with E-state index in [0.29, 0.717) is 17.9 Å². The van der Waals surface area contributed by atoms with Crippen molar-refractivity contribution in [1.82, 2.24) is 9.62 Å². The van der Waals surface area contributed by atoms with Crippen LogP contribution < -0.4 is 5.32 Å². The van der Waals surface area contributed by atoms with E-state index in [1.807, 2.05) is 19.1 Å². The van der Waals surface area contributed by atoms with Gasteiger partial charge in [-0.3, -0.25) is 4.79 Å². The lowest BCUT2D eigenvalue weighted by Crippen LogP contribution is -2.43. The Labute approximate surface area is 179 Å². The first kappa shape index (κ1) is 22.0. The van der Waals surface area contributed by atoms with Crippen LogP contribution in [0.2, 0.25) is 10.0 Å². The molecule has 1 fully saturated rings. The predicted octanol–water partition coefficient (Wildman–Crippen LogP) is 4.41. The minimum atomic E-state index is -3.79. The van der Waals surface area contributed by atoms with Gasteiger partial charge in [-0.2, -0.15) is 4.31 Å². The van der Waals surface area contributed by atoms with Crippen LogP contribution in [0.5, 0.6) is 0 Å². The second-order valence-corrected chi connectivity index (χ2v) is 9.82. The van der Waals surface area contributed by atoms with Crippen molar-refractivity contribution in [3.63, 3.8) is 0 Å². The summed E-state index contributed by atoms with van der Waals surface area (Å²) in [6.45, 7) is 2.29. The van der Waals surface area contributed by atoms with Gasteiger partial charge in [-0.05, 0) is 55.7 Å². The first-order valence-electron chi connectivity index (χ1n) is 9.19. The second-order valence-electron chi connectivity index (χ2n) is 7.04. The molecule has 1 saturated heterocycles. The first-order chi connectivity index (χ1) is 13.7. The van der Waals surface area contributed by atoms with E-state index >= 15 is 0 Å². The van der Waals surface area contributed by atoms with Gasteiger partial charge in [0, 0.05) is 24.0 Å². The number of rotatable bonds is 5. The summed E-state index contributed by atoms with van der Waals surface area (Å²) in [6.07, 6.45) is 0.810. The Hall–Kier alpha value is -1.67. The van der Waals surface area contributed by atoms with Crippen LogP contribution in [0.15, 0.2) is 47.4 Å². The van der Waals surface area contributed by atoms with Crippen molar-refractivity contribution in [3.8, 4) is 0 Å². The van der Waals surface area contributed by atoms with Crippen LogP contribution in [-0.4, -0.2) is 31.7 Å². The maximum Gasteiger partial charge on any atom is 0.243 e. The van der Waals surface area contributed by atoms with Crippen LogP contribution in [-0.2, 0) is 14.8 Å². The highest BCUT2D eigenvalue weighted by molar-refractivity contribution is 7.89. The van der Waals surface area contributed by atoms with Crippen LogP contribution >= 0.6 is 23.2 Å². The molecular formula is C20H21Cl2FN2O3S. The standard InChI is InChI=1S/C20H21Cl2FN2O3S/c1-13(15-3-2-4-16(21)11-15)24-20(26)14-7-9-25(10-8-14)29(27,28)17-5-6-19(23)18(22)12-17/h2-6,11-14H,7-10H2,1H3,(H,24,26). The van der Waals surface area contributed by atoms with Gasteiger partial charge in [0.05, 0.1) is 16.0 Å². The molecule has 2 aromatic carbocycles. The molecule has 0 saturated carbocycles. The molecule has 0 bridgehead atoms. The fourth-order valence-corrected chi connectivity index (χ4v) is 5.28. The molecule has 0 aromatic heterocycles. The smallest absolute Gasteiger partial charge is 0.243 e. The Morgan fingerprint density at radius 3 is 2.48 bits per heavy atom. The number of nitrogens with zero attached hydrogens (tertiary/aromatic N) is 1. The topological polar surface area (TPSA) is 66.5 Å². The molecule has 1 atom stereocenters. The first-order valence-corrected chi connectivity index (χ1v) is 11.4. The molecule has 2 aromatic rings. The molecule has 1 unspecified atom stereocenters. The lowest BCUT2D eigenvalue weighted by atomic mass is 9.96. The van der Waals surface area contributed by atoms with Gasteiger partial charge in [-0.1, -0.05) is 35.3 Å². The zero-order chi connectivity index (χ0) is 21.2. The Bertz CT molecular complexity index is 1010. The molecule has 0 aliphatic carbocycles. The van der Waals surface area contributed by atoms with E-state index in [1.54, 1.807) is 12.1 Å². The molecule has 0 radical (unpaired) electrons. The van der Waals surface area contributed by atoms with Gasteiger partial charge in [0.2, 0.25) is 15.9 Å². The number of nitrogens with one attached hydrogen (secondary N) is 1. The number of hydrogen-bond acceptors (Lipinski definition) is 3. The molecule has 1 amide bonds. The molecule has 1 aliphatic rings. The van der Waals surface area contributed by atoms with E-state index in [4.69, 9.17) is 23.2 Å². The van der Waals surface area contributed by atoms with Gasteiger partial charge in [0.15, 0.2) is 0 Å². The zero-order valence-electron chi connectivity index (χ0n) is 15.7. The molecule has 1 N–H and O–H groups in total. The van der Waals surface area contributed by atoms with Crippen molar-refractivity contribution in [3.05, 3.63) is 63.9 Å². The minimum Gasteiger partial charge on any atom is -0.349 e. The summed E-state index contributed by atoms with van der Waals surface area (Å²) < 4.78 is 40.1. The lowest BCUT2D eigenvalue weighted by Gasteiger charge is -2.31. The number of hydrogen-bond donors (Lipinski definition) is 1. The monoisotopic (exact) mass is 458 g/mol. The maximum absolute atomic E-state index is 13.3. The van der Waals surface area contributed by atoms with E-state index < -0.39 is 15.8 Å². The highest BCUT2D eigenvalue weighted by Crippen LogP contribution is 2.27. The third-order valence-corrected chi connectivity index (χ3v) is 7.48. The van der Waals surface area contributed by atoms with E-state index in [1.165, 1.54) is 10.4 Å². The molecule has 3 rings (SSSR count). The summed E-state index contributed by atoms with van der Waals surface area (Å²) in [5.41, 5.74) is 0.902.